The van der Waals surface area contributed by atoms with E-state index in [1.165, 1.54) is 18.5 Å². The number of anilines is 3. The Bertz CT molecular complexity index is 1350. The Morgan fingerprint density at radius 3 is 2.59 bits per heavy atom. The van der Waals surface area contributed by atoms with Crippen LogP contribution in [0.25, 0.3) is 6.08 Å². The Labute approximate surface area is 217 Å². The molecule has 4 rings (SSSR count). The molecule has 0 unspecified atom stereocenters. The van der Waals surface area contributed by atoms with Gasteiger partial charge in [-0.15, -0.1) is 0 Å². The monoisotopic (exact) mass is 531 g/mol. The van der Waals surface area contributed by atoms with Crippen molar-refractivity contribution in [3.05, 3.63) is 70.5 Å². The normalized spacial score (nSPS) is 13.5. The van der Waals surface area contributed by atoms with Gasteiger partial charge in [0, 0.05) is 23.3 Å². The maximum Gasteiger partial charge on any atom is 0.416 e. The summed E-state index contributed by atoms with van der Waals surface area (Å²) in [7, 11) is 0. The van der Waals surface area contributed by atoms with E-state index in [4.69, 9.17) is 16.3 Å². The van der Waals surface area contributed by atoms with Crippen LogP contribution in [0, 0.1) is 0 Å². The fraction of sp³-hybridized carbons (Fsp3) is 0.269. The van der Waals surface area contributed by atoms with Crippen molar-refractivity contribution < 1.29 is 22.7 Å². The second kappa shape index (κ2) is 10.3. The van der Waals surface area contributed by atoms with Gasteiger partial charge in [0.25, 0.3) is 0 Å². The summed E-state index contributed by atoms with van der Waals surface area (Å²) in [5.74, 6) is 1.05. The summed E-state index contributed by atoms with van der Waals surface area (Å²) < 4.78 is 44.6. The number of rotatable bonds is 5. The first kappa shape index (κ1) is 26.3. The van der Waals surface area contributed by atoms with Crippen molar-refractivity contribution >= 4 is 40.9 Å². The molecule has 1 amide bonds. The summed E-state index contributed by atoms with van der Waals surface area (Å²) in [5, 5.41) is 9.54. The molecular formula is C26H25ClF3N5O2. The summed E-state index contributed by atoms with van der Waals surface area (Å²) in [5.41, 5.74) is 0.548. The highest BCUT2D eigenvalue weighted by Crippen LogP contribution is 2.36. The third kappa shape index (κ3) is 6.71. The molecule has 1 aliphatic rings. The molecule has 0 saturated heterocycles. The van der Waals surface area contributed by atoms with Gasteiger partial charge >= 0.3 is 6.18 Å². The Hall–Kier alpha value is -3.79. The first-order valence-electron chi connectivity index (χ1n) is 11.4. The Balaban J connectivity index is 1.57. The van der Waals surface area contributed by atoms with E-state index in [2.05, 4.69) is 25.9 Å². The largest absolute Gasteiger partial charge is 0.456 e. The molecule has 0 radical (unpaired) electrons. The lowest BCUT2D eigenvalue weighted by atomic mass is 10.1. The summed E-state index contributed by atoms with van der Waals surface area (Å²) in [6, 6.07) is 9.32. The average Bonchev–Trinajstić information content (AvgIpc) is 3.03. The van der Waals surface area contributed by atoms with Gasteiger partial charge in [0.1, 0.15) is 29.5 Å². The van der Waals surface area contributed by atoms with Crippen LogP contribution in [0.1, 0.15) is 38.3 Å². The van der Waals surface area contributed by atoms with Crippen LogP contribution in [0.3, 0.4) is 0 Å². The Kier molecular flexibility index (Phi) is 7.31. The van der Waals surface area contributed by atoms with Crippen LogP contribution in [0.2, 0.25) is 5.02 Å². The van der Waals surface area contributed by atoms with Crippen molar-refractivity contribution in [3.63, 3.8) is 0 Å². The van der Waals surface area contributed by atoms with Crippen molar-refractivity contribution in [2.45, 2.75) is 38.9 Å². The molecule has 194 valence electrons. The summed E-state index contributed by atoms with van der Waals surface area (Å²) >= 11 is 6.37. The first-order chi connectivity index (χ1) is 17.4. The smallest absolute Gasteiger partial charge is 0.416 e. The van der Waals surface area contributed by atoms with Crippen LogP contribution in [-0.2, 0) is 11.0 Å². The molecule has 0 spiro atoms. The number of aromatic nitrogens is 2. The number of halogens is 4. The molecule has 0 saturated carbocycles. The van der Waals surface area contributed by atoms with E-state index in [1.807, 2.05) is 20.8 Å². The maximum absolute atomic E-state index is 13.0. The number of carbonyl (C=O) groups is 1. The van der Waals surface area contributed by atoms with Gasteiger partial charge in [-0.05, 0) is 69.7 Å². The van der Waals surface area contributed by atoms with Gasteiger partial charge in [0.05, 0.1) is 16.1 Å². The minimum atomic E-state index is -4.48. The number of hydrogen-bond donors (Lipinski definition) is 3. The lowest BCUT2D eigenvalue weighted by molar-refractivity contribution is -0.137. The summed E-state index contributed by atoms with van der Waals surface area (Å²) in [6.45, 7) is 6.26. The van der Waals surface area contributed by atoms with E-state index in [9.17, 15) is 18.0 Å². The minimum Gasteiger partial charge on any atom is -0.456 e. The molecule has 3 aromatic rings. The predicted molar refractivity (Wildman–Crippen MR) is 137 cm³/mol. The number of amides is 1. The Morgan fingerprint density at radius 2 is 1.89 bits per heavy atom. The average molecular weight is 532 g/mol. The van der Waals surface area contributed by atoms with E-state index in [0.29, 0.717) is 41.4 Å². The zero-order valence-electron chi connectivity index (χ0n) is 20.3. The van der Waals surface area contributed by atoms with Crippen LogP contribution in [0.4, 0.5) is 30.5 Å². The Morgan fingerprint density at radius 1 is 1.11 bits per heavy atom. The molecule has 37 heavy (non-hydrogen) atoms. The molecular weight excluding hydrogens is 507 g/mol. The minimum absolute atomic E-state index is 0.0100. The van der Waals surface area contributed by atoms with Gasteiger partial charge in [-0.1, -0.05) is 17.7 Å². The van der Waals surface area contributed by atoms with Gasteiger partial charge in [0.15, 0.2) is 0 Å². The van der Waals surface area contributed by atoms with E-state index in [-0.39, 0.29) is 28.0 Å². The van der Waals surface area contributed by atoms with Crippen molar-refractivity contribution in [1.29, 1.82) is 0 Å². The molecule has 7 nitrogen and oxygen atoms in total. The third-order valence-corrected chi connectivity index (χ3v) is 5.55. The van der Waals surface area contributed by atoms with E-state index in [1.54, 1.807) is 24.3 Å². The fourth-order valence-electron chi connectivity index (χ4n) is 3.60. The highest BCUT2D eigenvalue weighted by Gasteiger charge is 2.30. The number of hydrogen-bond acceptors (Lipinski definition) is 6. The number of carbonyl (C=O) groups excluding carboxylic acids is 1. The quantitative estimate of drug-likeness (QED) is 0.335. The van der Waals surface area contributed by atoms with Crippen molar-refractivity contribution in [1.82, 2.24) is 15.3 Å². The fourth-order valence-corrected chi connectivity index (χ4v) is 3.81. The second-order valence-corrected chi connectivity index (χ2v) is 9.84. The van der Waals surface area contributed by atoms with Gasteiger partial charge < -0.3 is 20.7 Å². The van der Waals surface area contributed by atoms with Crippen molar-refractivity contribution in [2.24, 2.45) is 0 Å². The van der Waals surface area contributed by atoms with Gasteiger partial charge in [0.2, 0.25) is 5.91 Å². The van der Waals surface area contributed by atoms with Crippen LogP contribution in [-0.4, -0.2) is 28.0 Å². The van der Waals surface area contributed by atoms with Crippen molar-refractivity contribution in [2.75, 3.05) is 17.2 Å². The highest BCUT2D eigenvalue weighted by molar-refractivity contribution is 6.32. The highest BCUT2D eigenvalue weighted by atomic mass is 35.5. The molecule has 0 atom stereocenters. The molecule has 2 aromatic carbocycles. The van der Waals surface area contributed by atoms with Gasteiger partial charge in [-0.25, -0.2) is 9.97 Å². The number of benzene rings is 2. The molecule has 11 heteroatoms. The molecule has 1 aliphatic heterocycles. The lowest BCUT2D eigenvalue weighted by Gasteiger charge is -2.21. The zero-order chi connectivity index (χ0) is 26.8. The lowest BCUT2D eigenvalue weighted by Crippen LogP contribution is -2.41. The predicted octanol–water partition coefficient (Wildman–Crippen LogP) is 6.80. The van der Waals surface area contributed by atoms with Crippen LogP contribution < -0.4 is 20.7 Å². The van der Waals surface area contributed by atoms with E-state index in [0.717, 1.165) is 12.1 Å². The second-order valence-electron chi connectivity index (χ2n) is 9.43. The summed E-state index contributed by atoms with van der Waals surface area (Å²) in [4.78, 5) is 21.4. The number of fused-ring (bicyclic) bond motifs is 1. The zero-order valence-corrected chi connectivity index (χ0v) is 21.1. The number of nitrogens with zero attached hydrogens (tertiary/aromatic N) is 2. The standard InChI is InChI=1S/C26H25ClF3N5O2/c1-25(2,3)35-24(36)15-9-10-31-22-19(11-15)23(33-14-32-22)34-17-7-8-21(20(27)13-17)37-18-6-4-5-16(12-18)26(28,29)30/h4-8,11-14H,9-10H2,1-3H3,(H,35,36)(H2,31,32,33,34). The van der Waals surface area contributed by atoms with Gasteiger partial charge in [-0.3, -0.25) is 4.79 Å². The number of alkyl halides is 3. The van der Waals surface area contributed by atoms with Crippen molar-refractivity contribution in [3.8, 4) is 11.5 Å². The number of nitrogens with one attached hydrogen (secondary N) is 3. The first-order valence-corrected chi connectivity index (χ1v) is 11.8. The van der Waals surface area contributed by atoms with E-state index < -0.39 is 11.7 Å². The SMILES string of the molecule is CC(C)(C)NC(=O)C1=Cc2c(ncnc2Nc2ccc(Oc3cccc(C(F)(F)F)c3)c(Cl)c2)NCC1. The van der Waals surface area contributed by atoms with Crippen LogP contribution in [0.15, 0.2) is 54.4 Å². The summed E-state index contributed by atoms with van der Waals surface area (Å²) in [6.07, 6.45) is -0.825. The van der Waals surface area contributed by atoms with Crippen LogP contribution >= 0.6 is 11.6 Å². The maximum atomic E-state index is 13.0. The molecule has 1 aromatic heterocycles. The molecule has 0 fully saturated rings. The molecule has 2 heterocycles. The molecule has 3 N–H and O–H groups in total. The molecule has 0 aliphatic carbocycles. The number of ether oxygens (including phenoxy) is 1. The van der Waals surface area contributed by atoms with E-state index >= 15 is 0 Å². The topological polar surface area (TPSA) is 88.2 Å². The van der Waals surface area contributed by atoms with Crippen LogP contribution in [0.5, 0.6) is 11.5 Å². The third-order valence-electron chi connectivity index (χ3n) is 5.25. The molecule has 0 bridgehead atoms. The van der Waals surface area contributed by atoms with Gasteiger partial charge in [-0.2, -0.15) is 13.2 Å².